The molecule has 0 aromatic heterocycles. The minimum atomic E-state index is -0.780. The second kappa shape index (κ2) is 12.4. The van der Waals surface area contributed by atoms with Crippen LogP contribution >= 0.6 is 11.8 Å². The highest BCUT2D eigenvalue weighted by Crippen LogP contribution is 2.21. The van der Waals surface area contributed by atoms with Crippen LogP contribution in [-0.4, -0.2) is 57.2 Å². The average Bonchev–Trinajstić information content (AvgIpc) is 2.89. The summed E-state index contributed by atoms with van der Waals surface area (Å²) in [4.78, 5) is 24.3. The van der Waals surface area contributed by atoms with E-state index in [9.17, 15) is 14.7 Å². The molecule has 0 unspecified atom stereocenters. The van der Waals surface area contributed by atoms with Crippen LogP contribution in [-0.2, 0) is 9.59 Å². The summed E-state index contributed by atoms with van der Waals surface area (Å²) in [6.07, 6.45) is 10.7. The number of carbonyl (C=O) groups excluding carboxylic acids is 1. The van der Waals surface area contributed by atoms with Gasteiger partial charge >= 0.3 is 5.97 Å². The Morgan fingerprint density at radius 2 is 2.17 bits per heavy atom. The van der Waals surface area contributed by atoms with E-state index in [0.717, 1.165) is 50.7 Å². The van der Waals surface area contributed by atoms with E-state index >= 15 is 0 Å². The van der Waals surface area contributed by atoms with E-state index in [1.807, 2.05) is 17.1 Å². The monoisotopic (exact) mass is 357 g/mol. The molecule has 2 atom stereocenters. The van der Waals surface area contributed by atoms with Crippen molar-refractivity contribution in [1.29, 1.82) is 0 Å². The zero-order valence-corrected chi connectivity index (χ0v) is 15.5. The van der Waals surface area contributed by atoms with E-state index in [0.29, 0.717) is 13.0 Å². The number of amides is 1. The molecule has 0 bridgehead atoms. The number of rotatable bonds is 13. The number of aliphatic hydroxyl groups excluding tert-OH is 1. The molecule has 0 radical (unpaired) electrons. The number of thioether (sulfide) groups is 1. The molecule has 24 heavy (non-hydrogen) atoms. The maximum atomic E-state index is 12.0. The molecular weight excluding hydrogens is 326 g/mol. The molecule has 0 aliphatic carbocycles. The molecule has 0 aromatic carbocycles. The average molecular weight is 358 g/mol. The Bertz CT molecular complexity index is 414. The van der Waals surface area contributed by atoms with Crippen LogP contribution in [0.25, 0.3) is 0 Å². The number of carboxylic acid groups (broad SMARTS) is 1. The van der Waals surface area contributed by atoms with E-state index < -0.39 is 12.1 Å². The topological polar surface area (TPSA) is 77.8 Å². The van der Waals surface area contributed by atoms with Crippen molar-refractivity contribution in [1.82, 2.24) is 4.90 Å². The zero-order valence-electron chi connectivity index (χ0n) is 14.7. The van der Waals surface area contributed by atoms with E-state index in [1.54, 1.807) is 0 Å². The summed E-state index contributed by atoms with van der Waals surface area (Å²) in [6, 6.07) is 0.102. The van der Waals surface area contributed by atoms with Crippen molar-refractivity contribution < 1.29 is 19.8 Å². The third-order valence-electron chi connectivity index (χ3n) is 4.20. The van der Waals surface area contributed by atoms with Gasteiger partial charge in [-0.2, -0.15) is 11.8 Å². The molecule has 138 valence electrons. The molecule has 0 aromatic rings. The number of aliphatic carboxylic acids is 1. The van der Waals surface area contributed by atoms with E-state index in [1.165, 1.54) is 11.8 Å². The van der Waals surface area contributed by atoms with Crippen LogP contribution in [0.5, 0.6) is 0 Å². The first-order chi connectivity index (χ1) is 11.5. The number of unbranched alkanes of at least 4 members (excludes halogenated alkanes) is 3. The summed E-state index contributed by atoms with van der Waals surface area (Å²) in [5.74, 6) is 0.357. The number of hydrogen-bond donors (Lipinski definition) is 2. The van der Waals surface area contributed by atoms with Gasteiger partial charge in [-0.15, -0.1) is 0 Å². The van der Waals surface area contributed by atoms with E-state index in [2.05, 4.69) is 6.92 Å². The molecular formula is C18H31NO4S. The maximum Gasteiger partial charge on any atom is 0.313 e. The van der Waals surface area contributed by atoms with E-state index in [4.69, 9.17) is 5.11 Å². The molecule has 1 heterocycles. The summed E-state index contributed by atoms with van der Waals surface area (Å²) in [5.41, 5.74) is 0. The fourth-order valence-electron chi connectivity index (χ4n) is 2.85. The van der Waals surface area contributed by atoms with Crippen LogP contribution in [0.3, 0.4) is 0 Å². The van der Waals surface area contributed by atoms with Gasteiger partial charge in [0.25, 0.3) is 0 Å². The molecule has 2 N–H and O–H groups in total. The normalized spacial score (nSPS) is 19.3. The Balaban J connectivity index is 2.28. The van der Waals surface area contributed by atoms with E-state index in [-0.39, 0.29) is 17.7 Å². The number of carboxylic acids is 1. The lowest BCUT2D eigenvalue weighted by Crippen LogP contribution is -2.32. The third-order valence-corrected chi connectivity index (χ3v) is 5.23. The first-order valence-corrected chi connectivity index (χ1v) is 10.2. The second-order valence-electron chi connectivity index (χ2n) is 6.29. The number of hydrogen-bond acceptors (Lipinski definition) is 4. The minimum absolute atomic E-state index is 0.102. The Labute approximate surface area is 149 Å². The standard InChI is InChI=1S/C18H31NO4S/c1-2-3-4-7-16(20)10-8-15-9-11-17(21)19(15)12-5-6-13-24-14-18(22)23/h8,10,15-16,20H,2-7,9,11-14H2,1H3,(H,22,23)/t15-,16-/m0/s1. The summed E-state index contributed by atoms with van der Waals surface area (Å²) >= 11 is 1.42. The Hall–Kier alpha value is -1.01. The first kappa shape index (κ1) is 21.0. The predicted octanol–water partition coefficient (Wildman–Crippen LogP) is 3.07. The van der Waals surface area contributed by atoms with Crippen LogP contribution in [0.4, 0.5) is 0 Å². The molecule has 5 nitrogen and oxygen atoms in total. The van der Waals surface area contributed by atoms with Gasteiger partial charge in [-0.25, -0.2) is 0 Å². The van der Waals surface area contributed by atoms with Crippen LogP contribution < -0.4 is 0 Å². The number of carbonyl (C=O) groups is 2. The van der Waals surface area contributed by atoms with Crippen LogP contribution in [0.2, 0.25) is 0 Å². The molecule has 1 aliphatic rings. The van der Waals surface area contributed by atoms with Gasteiger partial charge in [0.1, 0.15) is 0 Å². The molecule has 6 heteroatoms. The van der Waals surface area contributed by atoms with Gasteiger partial charge in [0, 0.05) is 13.0 Å². The number of aliphatic hydroxyl groups is 1. The summed E-state index contributed by atoms with van der Waals surface area (Å²) in [5, 5.41) is 18.5. The smallest absolute Gasteiger partial charge is 0.313 e. The fourth-order valence-corrected chi connectivity index (χ4v) is 3.58. The maximum absolute atomic E-state index is 12.0. The molecule has 1 rings (SSSR count). The molecule has 0 saturated carbocycles. The quantitative estimate of drug-likeness (QED) is 0.391. The second-order valence-corrected chi connectivity index (χ2v) is 7.40. The van der Waals surface area contributed by atoms with Crippen LogP contribution in [0.15, 0.2) is 12.2 Å². The molecule has 1 fully saturated rings. The van der Waals surface area contributed by atoms with Crippen LogP contribution in [0, 0.1) is 0 Å². The minimum Gasteiger partial charge on any atom is -0.481 e. The van der Waals surface area contributed by atoms with Gasteiger partial charge in [0.15, 0.2) is 0 Å². The third kappa shape index (κ3) is 8.73. The van der Waals surface area contributed by atoms with Crippen molar-refractivity contribution >= 4 is 23.6 Å². The highest BCUT2D eigenvalue weighted by atomic mass is 32.2. The molecule has 1 saturated heterocycles. The van der Waals surface area contributed by atoms with Gasteiger partial charge in [-0.05, 0) is 31.4 Å². The molecule has 1 amide bonds. The van der Waals surface area contributed by atoms with Gasteiger partial charge < -0.3 is 15.1 Å². The van der Waals surface area contributed by atoms with Crippen molar-refractivity contribution in [3.8, 4) is 0 Å². The Kier molecular flexibility index (Phi) is 10.8. The number of nitrogens with zero attached hydrogens (tertiary/aromatic N) is 1. The SMILES string of the molecule is CCCCC[C@H](O)C=C[C@H]1CCC(=O)N1CCCCSCC(=O)O. The Morgan fingerprint density at radius 3 is 2.88 bits per heavy atom. The summed E-state index contributed by atoms with van der Waals surface area (Å²) in [7, 11) is 0. The summed E-state index contributed by atoms with van der Waals surface area (Å²) < 4.78 is 0. The Morgan fingerprint density at radius 1 is 1.38 bits per heavy atom. The highest BCUT2D eigenvalue weighted by molar-refractivity contribution is 7.99. The highest BCUT2D eigenvalue weighted by Gasteiger charge is 2.28. The summed E-state index contributed by atoms with van der Waals surface area (Å²) in [6.45, 7) is 2.86. The van der Waals surface area contributed by atoms with Gasteiger partial charge in [-0.1, -0.05) is 38.3 Å². The lowest BCUT2D eigenvalue weighted by atomic mass is 10.1. The first-order valence-electron chi connectivity index (χ1n) is 9.00. The van der Waals surface area contributed by atoms with Crippen molar-refractivity contribution in [2.45, 2.75) is 70.4 Å². The van der Waals surface area contributed by atoms with Gasteiger partial charge in [0.05, 0.1) is 17.9 Å². The predicted molar refractivity (Wildman–Crippen MR) is 98.2 cm³/mol. The lowest BCUT2D eigenvalue weighted by Gasteiger charge is -2.22. The van der Waals surface area contributed by atoms with Crippen molar-refractivity contribution in [2.75, 3.05) is 18.1 Å². The van der Waals surface area contributed by atoms with Gasteiger partial charge in [-0.3, -0.25) is 9.59 Å². The molecule has 1 aliphatic heterocycles. The van der Waals surface area contributed by atoms with Crippen molar-refractivity contribution in [3.05, 3.63) is 12.2 Å². The fraction of sp³-hybridized carbons (Fsp3) is 0.778. The van der Waals surface area contributed by atoms with Crippen molar-refractivity contribution in [2.24, 2.45) is 0 Å². The molecule has 0 spiro atoms. The zero-order chi connectivity index (χ0) is 17.8. The van der Waals surface area contributed by atoms with Crippen molar-refractivity contribution in [3.63, 3.8) is 0 Å². The van der Waals surface area contributed by atoms with Gasteiger partial charge in [0.2, 0.25) is 5.91 Å². The lowest BCUT2D eigenvalue weighted by molar-refractivity contribution is -0.134. The largest absolute Gasteiger partial charge is 0.481 e. The number of likely N-dealkylation sites (tertiary alicyclic amines) is 1. The van der Waals surface area contributed by atoms with Crippen LogP contribution in [0.1, 0.15) is 58.3 Å².